The van der Waals surface area contributed by atoms with Gasteiger partial charge in [0.25, 0.3) is 0 Å². The third-order valence-corrected chi connectivity index (χ3v) is 3.54. The van der Waals surface area contributed by atoms with Crippen LogP contribution in [0.3, 0.4) is 0 Å². The number of carbonyl (C=O) groups is 2. The van der Waals surface area contributed by atoms with Crippen LogP contribution >= 0.6 is 0 Å². The summed E-state index contributed by atoms with van der Waals surface area (Å²) in [5.74, 6) is 0. The quantitative estimate of drug-likeness (QED) is 0.565. The van der Waals surface area contributed by atoms with Gasteiger partial charge in [-0.3, -0.25) is 0 Å². The third kappa shape index (κ3) is 3.14. The molecule has 7 nitrogen and oxygen atoms in total. The van der Waals surface area contributed by atoms with E-state index >= 15 is 0 Å². The summed E-state index contributed by atoms with van der Waals surface area (Å²) in [6.07, 6.45) is -3.39. The van der Waals surface area contributed by atoms with Gasteiger partial charge in [0.15, 0.2) is 26.6 Å². The van der Waals surface area contributed by atoms with Crippen molar-refractivity contribution >= 4 is 20.6 Å². The maximum Gasteiger partial charge on any atom is 0.509 e. The van der Waals surface area contributed by atoms with Crippen molar-refractivity contribution in [3.05, 3.63) is 0 Å². The van der Waals surface area contributed by atoms with Crippen molar-refractivity contribution in [3.8, 4) is 0 Å². The SMILES string of the molecule is C[Si](C)(C)OCC1OC(=O)OC1C1COC(=O)O1. The third-order valence-electron chi connectivity index (χ3n) is 2.51. The van der Waals surface area contributed by atoms with Crippen LogP contribution in [0, 0.1) is 0 Å². The average Bonchev–Trinajstić information content (AvgIpc) is 2.80. The van der Waals surface area contributed by atoms with Crippen LogP contribution in [0.4, 0.5) is 9.59 Å². The van der Waals surface area contributed by atoms with Crippen LogP contribution in [0.25, 0.3) is 0 Å². The van der Waals surface area contributed by atoms with Gasteiger partial charge in [-0.1, -0.05) is 0 Å². The van der Waals surface area contributed by atoms with E-state index in [0.717, 1.165) is 0 Å². The molecule has 0 aromatic carbocycles. The minimum atomic E-state index is -1.72. The van der Waals surface area contributed by atoms with Gasteiger partial charge in [-0.2, -0.15) is 0 Å². The zero-order valence-corrected chi connectivity index (χ0v) is 11.5. The largest absolute Gasteiger partial charge is 0.509 e. The first-order valence-electron chi connectivity index (χ1n) is 5.70. The maximum atomic E-state index is 11.2. The number of rotatable bonds is 4. The van der Waals surface area contributed by atoms with Crippen molar-refractivity contribution in [2.45, 2.75) is 38.0 Å². The summed E-state index contributed by atoms with van der Waals surface area (Å²) in [6.45, 7) is 6.37. The lowest BCUT2D eigenvalue weighted by molar-refractivity contribution is 0.0125. The van der Waals surface area contributed by atoms with Gasteiger partial charge in [-0.05, 0) is 19.6 Å². The first kappa shape index (κ1) is 13.2. The van der Waals surface area contributed by atoms with Gasteiger partial charge in [0.2, 0.25) is 0 Å². The van der Waals surface area contributed by atoms with E-state index in [1.807, 2.05) is 19.6 Å². The Kier molecular flexibility index (Phi) is 3.49. The van der Waals surface area contributed by atoms with Crippen molar-refractivity contribution in [3.63, 3.8) is 0 Å². The fourth-order valence-corrected chi connectivity index (χ4v) is 2.35. The normalized spacial score (nSPS) is 31.6. The van der Waals surface area contributed by atoms with Gasteiger partial charge in [0, 0.05) is 0 Å². The molecule has 0 aromatic rings. The van der Waals surface area contributed by atoms with E-state index < -0.39 is 38.9 Å². The average molecular weight is 276 g/mol. The van der Waals surface area contributed by atoms with Crippen LogP contribution in [0.1, 0.15) is 0 Å². The summed E-state index contributed by atoms with van der Waals surface area (Å²) in [4.78, 5) is 22.0. The first-order chi connectivity index (χ1) is 8.35. The molecule has 0 spiro atoms. The molecule has 2 heterocycles. The molecule has 2 rings (SSSR count). The van der Waals surface area contributed by atoms with E-state index in [1.54, 1.807) is 0 Å². The molecule has 3 atom stereocenters. The molecule has 2 aliphatic heterocycles. The van der Waals surface area contributed by atoms with Crippen LogP contribution in [0.2, 0.25) is 19.6 Å². The Bertz CT molecular complexity index is 351. The minimum absolute atomic E-state index is 0.0591. The summed E-state index contributed by atoms with van der Waals surface area (Å²) < 4.78 is 25.2. The Balaban J connectivity index is 1.95. The first-order valence-corrected chi connectivity index (χ1v) is 9.10. The molecule has 3 unspecified atom stereocenters. The van der Waals surface area contributed by atoms with Crippen molar-refractivity contribution in [2.75, 3.05) is 13.2 Å². The molecule has 2 fully saturated rings. The lowest BCUT2D eigenvalue weighted by Crippen LogP contribution is -2.41. The van der Waals surface area contributed by atoms with E-state index in [4.69, 9.17) is 18.6 Å². The van der Waals surface area contributed by atoms with Crippen LogP contribution in [0.5, 0.6) is 0 Å². The maximum absolute atomic E-state index is 11.2. The van der Waals surface area contributed by atoms with Crippen molar-refractivity contribution < 1.29 is 33.0 Å². The molecule has 2 saturated heterocycles. The molecule has 0 saturated carbocycles. The Hall–Kier alpha value is -1.28. The highest BCUT2D eigenvalue weighted by atomic mass is 28.4. The second-order valence-electron chi connectivity index (χ2n) is 5.13. The molecular formula is C10H16O7Si. The molecule has 18 heavy (non-hydrogen) atoms. The van der Waals surface area contributed by atoms with Gasteiger partial charge in [-0.15, -0.1) is 0 Å². The number of hydrogen-bond acceptors (Lipinski definition) is 7. The van der Waals surface area contributed by atoms with Gasteiger partial charge in [-0.25, -0.2) is 9.59 Å². The lowest BCUT2D eigenvalue weighted by atomic mass is 10.1. The van der Waals surface area contributed by atoms with Crippen molar-refractivity contribution in [1.29, 1.82) is 0 Å². The summed E-state index contributed by atoms with van der Waals surface area (Å²) in [6, 6.07) is 0. The molecule has 102 valence electrons. The van der Waals surface area contributed by atoms with Gasteiger partial charge in [0.1, 0.15) is 6.61 Å². The van der Waals surface area contributed by atoms with E-state index in [0.29, 0.717) is 0 Å². The highest BCUT2D eigenvalue weighted by Crippen LogP contribution is 2.24. The summed E-state index contributed by atoms with van der Waals surface area (Å²) >= 11 is 0. The van der Waals surface area contributed by atoms with Crippen LogP contribution in [-0.2, 0) is 23.4 Å². The Morgan fingerprint density at radius 2 is 1.89 bits per heavy atom. The lowest BCUT2D eigenvalue weighted by Gasteiger charge is -2.23. The molecule has 0 N–H and O–H groups in total. The zero-order chi connectivity index (χ0) is 13.3. The van der Waals surface area contributed by atoms with E-state index in [9.17, 15) is 9.59 Å². The van der Waals surface area contributed by atoms with Crippen LogP contribution in [0.15, 0.2) is 0 Å². The molecule has 0 bridgehead atoms. The second-order valence-corrected chi connectivity index (χ2v) is 9.64. The summed E-state index contributed by atoms with van der Waals surface area (Å²) in [5, 5.41) is 0. The molecule has 0 amide bonds. The standard InChI is InChI=1S/C10H16O7Si/c1-18(2,3)14-5-7-8(17-10(12)16-7)6-4-13-9(11)15-6/h6-8H,4-5H2,1-3H3. The highest BCUT2D eigenvalue weighted by Gasteiger charge is 2.47. The fraction of sp³-hybridized carbons (Fsp3) is 0.800. The summed E-state index contributed by atoms with van der Waals surface area (Å²) in [7, 11) is -1.72. The van der Waals surface area contributed by atoms with E-state index in [-0.39, 0.29) is 13.2 Å². The molecule has 2 aliphatic rings. The molecule has 0 radical (unpaired) electrons. The number of ether oxygens (including phenoxy) is 4. The predicted molar refractivity (Wildman–Crippen MR) is 60.7 cm³/mol. The molecule has 0 aromatic heterocycles. The second kappa shape index (κ2) is 4.77. The molecular weight excluding hydrogens is 260 g/mol. The highest BCUT2D eigenvalue weighted by molar-refractivity contribution is 6.69. The number of carbonyl (C=O) groups excluding carboxylic acids is 2. The predicted octanol–water partition coefficient (Wildman–Crippen LogP) is 1.28. The topological polar surface area (TPSA) is 80.3 Å². The van der Waals surface area contributed by atoms with E-state index in [1.165, 1.54) is 0 Å². The fourth-order valence-electron chi connectivity index (χ4n) is 1.69. The molecule has 8 heteroatoms. The Morgan fingerprint density at radius 3 is 2.44 bits per heavy atom. The minimum Gasteiger partial charge on any atom is -0.430 e. The number of hydrogen-bond donors (Lipinski definition) is 0. The van der Waals surface area contributed by atoms with Crippen LogP contribution in [-0.4, -0.2) is 52.2 Å². The van der Waals surface area contributed by atoms with Gasteiger partial charge in [0.05, 0.1) is 6.61 Å². The Morgan fingerprint density at radius 1 is 1.17 bits per heavy atom. The smallest absolute Gasteiger partial charge is 0.430 e. The van der Waals surface area contributed by atoms with Crippen molar-refractivity contribution in [2.24, 2.45) is 0 Å². The molecule has 0 aliphatic carbocycles. The summed E-state index contributed by atoms with van der Waals surface area (Å²) in [5.41, 5.74) is 0. The zero-order valence-electron chi connectivity index (χ0n) is 10.5. The van der Waals surface area contributed by atoms with Gasteiger partial charge >= 0.3 is 12.3 Å². The Labute approximate surface area is 105 Å². The number of cyclic esters (lactones) is 4. The van der Waals surface area contributed by atoms with Crippen LogP contribution < -0.4 is 0 Å². The van der Waals surface area contributed by atoms with E-state index in [2.05, 4.69) is 4.74 Å². The monoisotopic (exact) mass is 276 g/mol. The van der Waals surface area contributed by atoms with Gasteiger partial charge < -0.3 is 23.4 Å². The van der Waals surface area contributed by atoms with Crippen molar-refractivity contribution in [1.82, 2.24) is 0 Å².